The lowest BCUT2D eigenvalue weighted by molar-refractivity contribution is 0.102. The Labute approximate surface area is 161 Å². The molecule has 7 nitrogen and oxygen atoms in total. The van der Waals surface area contributed by atoms with Gasteiger partial charge in [0.25, 0.3) is 5.91 Å². The Hall–Kier alpha value is -2.97. The van der Waals surface area contributed by atoms with E-state index in [0.29, 0.717) is 18.0 Å². The number of nitrogens with zero attached hydrogens (tertiary/aromatic N) is 3. The molecule has 0 fully saturated rings. The molecule has 1 amide bonds. The minimum absolute atomic E-state index is 0. The topological polar surface area (TPSA) is 95.1 Å². The molecule has 0 unspecified atom stereocenters. The van der Waals surface area contributed by atoms with Crippen LogP contribution in [0.15, 0.2) is 48.7 Å². The second kappa shape index (κ2) is 9.11. The van der Waals surface area contributed by atoms with E-state index in [9.17, 15) is 9.18 Å². The predicted molar refractivity (Wildman–Crippen MR) is 102 cm³/mol. The quantitative estimate of drug-likeness (QED) is 0.673. The van der Waals surface area contributed by atoms with E-state index in [1.165, 1.54) is 29.1 Å². The van der Waals surface area contributed by atoms with Crippen LogP contribution in [0.2, 0.25) is 0 Å². The molecule has 3 N–H and O–H groups in total. The lowest BCUT2D eigenvalue weighted by Crippen LogP contribution is -2.14. The van der Waals surface area contributed by atoms with Gasteiger partial charge in [0.1, 0.15) is 17.3 Å². The fraction of sp³-hybridized carbons (Fsp3) is 0.167. The molecular formula is C18H19ClFN5O2. The smallest absolute Gasteiger partial charge is 0.260 e. The Morgan fingerprint density at radius 2 is 1.93 bits per heavy atom. The zero-order valence-corrected chi connectivity index (χ0v) is 15.4. The first-order valence-electron chi connectivity index (χ1n) is 7.99. The molecule has 0 bridgehead atoms. The summed E-state index contributed by atoms with van der Waals surface area (Å²) < 4.78 is 21.2. The van der Waals surface area contributed by atoms with Crippen molar-refractivity contribution in [2.24, 2.45) is 12.8 Å². The number of anilines is 1. The van der Waals surface area contributed by atoms with Crippen molar-refractivity contribution in [1.82, 2.24) is 15.0 Å². The molecule has 0 aliphatic carbocycles. The Bertz CT molecular complexity index is 914. The molecule has 3 aromatic rings. The molecule has 1 heterocycles. The first-order chi connectivity index (χ1) is 12.5. The van der Waals surface area contributed by atoms with E-state index in [2.05, 4.69) is 15.6 Å². The molecule has 0 aliphatic rings. The average Bonchev–Trinajstić information content (AvgIpc) is 3.03. The number of carbonyl (C=O) groups is 1. The maximum absolute atomic E-state index is 14.0. The largest absolute Gasteiger partial charge is 0.457 e. The summed E-state index contributed by atoms with van der Waals surface area (Å²) in [5, 5.41) is 9.94. The molecule has 2 aromatic carbocycles. The maximum atomic E-state index is 14.0. The van der Waals surface area contributed by atoms with Crippen molar-refractivity contribution in [3.05, 3.63) is 65.6 Å². The van der Waals surface area contributed by atoms with Gasteiger partial charge in [0, 0.05) is 7.05 Å². The lowest BCUT2D eigenvalue weighted by Gasteiger charge is -2.09. The number of carbonyl (C=O) groups excluding carboxylic acids is 1. The average molecular weight is 392 g/mol. The summed E-state index contributed by atoms with van der Waals surface area (Å²) in [6, 6.07) is 11.4. The first kappa shape index (κ1) is 20.3. The number of hydrogen-bond acceptors (Lipinski definition) is 5. The van der Waals surface area contributed by atoms with Crippen LogP contribution >= 0.6 is 12.4 Å². The van der Waals surface area contributed by atoms with Gasteiger partial charge in [-0.1, -0.05) is 17.3 Å². The molecule has 9 heteroatoms. The Kier molecular flexibility index (Phi) is 6.86. The Morgan fingerprint density at radius 1 is 1.22 bits per heavy atom. The van der Waals surface area contributed by atoms with Gasteiger partial charge in [0.15, 0.2) is 5.82 Å². The van der Waals surface area contributed by atoms with Crippen molar-refractivity contribution in [3.63, 3.8) is 0 Å². The summed E-state index contributed by atoms with van der Waals surface area (Å²) in [4.78, 5) is 12.3. The second-order valence-electron chi connectivity index (χ2n) is 5.66. The molecule has 0 spiro atoms. The standard InChI is InChI=1S/C18H18FN5O2.ClH/c1-24-11-17(22-23-24)21-18(25)15-10-14(6-7-16(15)19)26-13-4-2-12(3-5-13)8-9-20;/h2-7,10-11H,8-9,20H2,1H3,(H,21,25);1H. The van der Waals surface area contributed by atoms with Gasteiger partial charge in [0.05, 0.1) is 11.8 Å². The molecule has 0 saturated carbocycles. The van der Waals surface area contributed by atoms with Gasteiger partial charge in [-0.2, -0.15) is 0 Å². The van der Waals surface area contributed by atoms with Gasteiger partial charge < -0.3 is 15.8 Å². The zero-order valence-electron chi connectivity index (χ0n) is 14.6. The molecular weight excluding hydrogens is 373 g/mol. The zero-order chi connectivity index (χ0) is 18.5. The van der Waals surface area contributed by atoms with Gasteiger partial charge in [-0.25, -0.2) is 4.39 Å². The van der Waals surface area contributed by atoms with Crippen LogP contribution in [0.5, 0.6) is 11.5 Å². The number of nitrogens with two attached hydrogens (primary N) is 1. The molecule has 3 rings (SSSR count). The number of ether oxygens (including phenoxy) is 1. The van der Waals surface area contributed by atoms with E-state index in [1.807, 2.05) is 12.1 Å². The van der Waals surface area contributed by atoms with Crippen LogP contribution in [-0.2, 0) is 13.5 Å². The first-order valence-corrected chi connectivity index (χ1v) is 7.99. The van der Waals surface area contributed by atoms with E-state index in [-0.39, 0.29) is 23.8 Å². The van der Waals surface area contributed by atoms with E-state index >= 15 is 0 Å². The summed E-state index contributed by atoms with van der Waals surface area (Å²) in [5.41, 5.74) is 6.48. The minimum Gasteiger partial charge on any atom is -0.457 e. The number of nitrogens with one attached hydrogen (secondary N) is 1. The minimum atomic E-state index is -0.656. The molecule has 0 radical (unpaired) electrons. The third-order valence-corrected chi connectivity index (χ3v) is 3.62. The van der Waals surface area contributed by atoms with Crippen molar-refractivity contribution in [3.8, 4) is 11.5 Å². The summed E-state index contributed by atoms with van der Waals surface area (Å²) in [5.74, 6) is -0.123. The fourth-order valence-electron chi connectivity index (χ4n) is 2.36. The van der Waals surface area contributed by atoms with Crippen LogP contribution in [0.1, 0.15) is 15.9 Å². The number of halogens is 2. The molecule has 0 saturated heterocycles. The molecule has 1 aromatic heterocycles. The van der Waals surface area contributed by atoms with Crippen molar-refractivity contribution in [1.29, 1.82) is 0 Å². The van der Waals surface area contributed by atoms with Gasteiger partial charge in [-0.05, 0) is 48.9 Å². The number of rotatable bonds is 6. The molecule has 27 heavy (non-hydrogen) atoms. The van der Waals surface area contributed by atoms with E-state index in [4.69, 9.17) is 10.5 Å². The SMILES string of the molecule is Cl.Cn1cc(NC(=O)c2cc(Oc3ccc(CCN)cc3)ccc2F)nn1. The highest BCUT2D eigenvalue weighted by atomic mass is 35.5. The summed E-state index contributed by atoms with van der Waals surface area (Å²) in [6.07, 6.45) is 2.29. The van der Waals surface area contributed by atoms with E-state index < -0.39 is 11.7 Å². The second-order valence-corrected chi connectivity index (χ2v) is 5.66. The summed E-state index contributed by atoms with van der Waals surface area (Å²) in [6.45, 7) is 0.572. The van der Waals surface area contributed by atoms with Crippen molar-refractivity contribution in [2.45, 2.75) is 6.42 Å². The van der Waals surface area contributed by atoms with E-state index in [0.717, 1.165) is 12.0 Å². The van der Waals surface area contributed by atoms with Gasteiger partial charge >= 0.3 is 0 Å². The predicted octanol–water partition coefficient (Wildman–Crippen LogP) is 2.92. The van der Waals surface area contributed by atoms with Gasteiger partial charge in [0.2, 0.25) is 0 Å². The third-order valence-electron chi connectivity index (χ3n) is 3.62. The van der Waals surface area contributed by atoms with Crippen molar-refractivity contribution >= 4 is 24.1 Å². The van der Waals surface area contributed by atoms with Crippen molar-refractivity contribution < 1.29 is 13.9 Å². The van der Waals surface area contributed by atoms with Crippen LogP contribution in [0, 0.1) is 5.82 Å². The number of aryl methyl sites for hydroxylation is 1. The highest BCUT2D eigenvalue weighted by Crippen LogP contribution is 2.24. The lowest BCUT2D eigenvalue weighted by atomic mass is 10.1. The van der Waals surface area contributed by atoms with Crippen LogP contribution < -0.4 is 15.8 Å². The highest BCUT2D eigenvalue weighted by molar-refractivity contribution is 6.04. The van der Waals surface area contributed by atoms with Gasteiger partial charge in [-0.15, -0.1) is 17.5 Å². The number of benzene rings is 2. The maximum Gasteiger partial charge on any atom is 0.260 e. The monoisotopic (exact) mass is 391 g/mol. The Balaban J connectivity index is 0.00000261. The van der Waals surface area contributed by atoms with Crippen LogP contribution in [0.4, 0.5) is 10.2 Å². The number of hydrogen-bond donors (Lipinski definition) is 2. The fourth-order valence-corrected chi connectivity index (χ4v) is 2.36. The van der Waals surface area contributed by atoms with Crippen LogP contribution in [0.3, 0.4) is 0 Å². The van der Waals surface area contributed by atoms with Gasteiger partial charge in [-0.3, -0.25) is 9.48 Å². The number of aromatic nitrogens is 3. The number of amides is 1. The summed E-state index contributed by atoms with van der Waals surface area (Å²) in [7, 11) is 1.66. The normalized spacial score (nSPS) is 10.2. The Morgan fingerprint density at radius 3 is 2.56 bits per heavy atom. The molecule has 0 aliphatic heterocycles. The third kappa shape index (κ3) is 5.25. The van der Waals surface area contributed by atoms with Crippen molar-refractivity contribution in [2.75, 3.05) is 11.9 Å². The molecule has 0 atom stereocenters. The summed E-state index contributed by atoms with van der Waals surface area (Å²) >= 11 is 0. The molecule has 142 valence electrons. The van der Waals surface area contributed by atoms with Crippen LogP contribution in [0.25, 0.3) is 0 Å². The highest BCUT2D eigenvalue weighted by Gasteiger charge is 2.15. The van der Waals surface area contributed by atoms with Crippen LogP contribution in [-0.4, -0.2) is 27.4 Å². The van der Waals surface area contributed by atoms with E-state index in [1.54, 1.807) is 19.2 Å².